The Morgan fingerprint density at radius 1 is 0.800 bits per heavy atom. The molecule has 12 nitrogen and oxygen atoms in total. The molecular formula is C24H40Cl4N2O10. The molecule has 0 aliphatic carbocycles. The van der Waals surface area contributed by atoms with Crippen molar-refractivity contribution in [1.29, 1.82) is 0 Å². The molecule has 0 aromatic rings. The molecule has 1 N–H and O–H groups in total. The number of hydrogen-bond acceptors (Lipinski definition) is 10. The topological polar surface area (TPSA) is 141 Å². The zero-order chi connectivity index (χ0) is 31.3. The summed E-state index contributed by atoms with van der Waals surface area (Å²) in [6.07, 6.45) is 1.78. The molecule has 0 saturated carbocycles. The average Bonchev–Trinajstić information content (AvgIpc) is 3.44. The van der Waals surface area contributed by atoms with Crippen LogP contribution < -0.4 is 0 Å². The minimum atomic E-state index is -2.03. The van der Waals surface area contributed by atoms with Gasteiger partial charge in [0.2, 0.25) is 0 Å². The molecule has 0 radical (unpaired) electrons. The van der Waals surface area contributed by atoms with E-state index in [1.807, 2.05) is 41.5 Å². The highest BCUT2D eigenvalue weighted by Gasteiger charge is 2.33. The fraction of sp³-hybridized carbons (Fsp3) is 0.833. The Labute approximate surface area is 255 Å². The third-order valence-corrected chi connectivity index (χ3v) is 5.32. The summed E-state index contributed by atoms with van der Waals surface area (Å²) in [4.78, 5) is 47.3. The van der Waals surface area contributed by atoms with E-state index in [-0.39, 0.29) is 37.5 Å². The molecule has 2 aliphatic heterocycles. The number of rotatable bonds is 3. The third-order valence-electron chi connectivity index (χ3n) is 4.98. The fourth-order valence-corrected chi connectivity index (χ4v) is 3.71. The van der Waals surface area contributed by atoms with Gasteiger partial charge in [-0.2, -0.15) is 0 Å². The van der Waals surface area contributed by atoms with Crippen molar-refractivity contribution in [1.82, 2.24) is 9.80 Å². The number of alkyl halides is 3. The predicted molar refractivity (Wildman–Crippen MR) is 150 cm³/mol. The summed E-state index contributed by atoms with van der Waals surface area (Å²) in [5.41, 5.74) is -1.83. The first kappa shape index (κ1) is 38.4. The van der Waals surface area contributed by atoms with Crippen LogP contribution in [0.4, 0.5) is 19.2 Å². The van der Waals surface area contributed by atoms with Gasteiger partial charge in [0.15, 0.2) is 0 Å². The fourth-order valence-electron chi connectivity index (χ4n) is 3.45. The highest BCUT2D eigenvalue weighted by molar-refractivity contribution is 6.66. The molecule has 0 spiro atoms. The molecule has 2 amide bonds. The largest absolute Gasteiger partial charge is 0.511 e. The number of aliphatic hydroxyl groups is 1. The lowest BCUT2D eigenvalue weighted by atomic mass is 10.2. The number of carbonyl (C=O) groups excluding carboxylic acids is 4. The Kier molecular flexibility index (Phi) is 16.7. The van der Waals surface area contributed by atoms with Gasteiger partial charge in [-0.1, -0.05) is 0 Å². The molecule has 40 heavy (non-hydrogen) atoms. The van der Waals surface area contributed by atoms with E-state index >= 15 is 0 Å². The second-order valence-electron chi connectivity index (χ2n) is 10.7. The maximum absolute atomic E-state index is 11.8. The van der Waals surface area contributed by atoms with E-state index < -0.39 is 26.8 Å². The highest BCUT2D eigenvalue weighted by atomic mass is 35.6. The molecular weight excluding hydrogens is 618 g/mol. The standard InChI is InChI=1S/C11H18ClNO4.C10H19NO3.C3H3Cl3O3/c1-11(2,3)17-10(15)13-6-4-5-8(13)7-16-9(12)14;1-10(2,3)14-9(13)11-6-4-5-8(11)7-12;1-8-2(7)9-3(4,5)6/h8H,4-7H2,1-3H3;8,12H,4-7H2,1-3H3;1H3/t2*8-;/m11./s1. The van der Waals surface area contributed by atoms with Gasteiger partial charge >= 0.3 is 27.7 Å². The number of halogens is 4. The van der Waals surface area contributed by atoms with Crippen LogP contribution in [0.1, 0.15) is 67.2 Å². The highest BCUT2D eigenvalue weighted by Crippen LogP contribution is 2.27. The number of amides is 2. The Balaban J connectivity index is 0.000000599. The second kappa shape index (κ2) is 17.4. The van der Waals surface area contributed by atoms with E-state index in [2.05, 4.69) is 9.47 Å². The van der Waals surface area contributed by atoms with Crippen LogP contribution in [0.2, 0.25) is 0 Å². The van der Waals surface area contributed by atoms with Crippen LogP contribution in [-0.2, 0) is 23.7 Å². The summed E-state index contributed by atoms with van der Waals surface area (Å²) in [7, 11) is 1.11. The Bertz CT molecular complexity index is 828. The van der Waals surface area contributed by atoms with Gasteiger partial charge in [-0.05, 0) is 102 Å². The van der Waals surface area contributed by atoms with Gasteiger partial charge in [0, 0.05) is 24.7 Å². The van der Waals surface area contributed by atoms with Crippen molar-refractivity contribution in [2.45, 2.75) is 94.5 Å². The van der Waals surface area contributed by atoms with Crippen LogP contribution in [0, 0.1) is 0 Å². The van der Waals surface area contributed by atoms with Crippen LogP contribution >= 0.6 is 46.4 Å². The van der Waals surface area contributed by atoms with Gasteiger partial charge in [-0.15, -0.1) is 0 Å². The van der Waals surface area contributed by atoms with Crippen molar-refractivity contribution in [3.63, 3.8) is 0 Å². The third kappa shape index (κ3) is 18.0. The molecule has 2 heterocycles. The van der Waals surface area contributed by atoms with E-state index in [1.54, 1.807) is 9.80 Å². The van der Waals surface area contributed by atoms with Crippen LogP contribution in [0.15, 0.2) is 0 Å². The van der Waals surface area contributed by atoms with E-state index in [1.165, 1.54) is 0 Å². The van der Waals surface area contributed by atoms with Crippen molar-refractivity contribution >= 4 is 70.2 Å². The Morgan fingerprint density at radius 2 is 1.23 bits per heavy atom. The Hall–Kier alpha value is -1.60. The number of nitrogens with zero attached hydrogens (tertiary/aromatic N) is 2. The number of carbonyl (C=O) groups is 4. The van der Waals surface area contributed by atoms with E-state index in [0.717, 1.165) is 32.8 Å². The lowest BCUT2D eigenvalue weighted by Gasteiger charge is -2.28. The molecule has 2 rings (SSSR count). The summed E-state index contributed by atoms with van der Waals surface area (Å²) < 4.78 is 21.2. The van der Waals surface area contributed by atoms with Gasteiger partial charge < -0.3 is 38.6 Å². The van der Waals surface area contributed by atoms with E-state index in [4.69, 9.17) is 65.7 Å². The molecule has 2 aliphatic rings. The summed E-state index contributed by atoms with van der Waals surface area (Å²) >= 11 is 20.1. The zero-order valence-corrected chi connectivity index (χ0v) is 26.9. The summed E-state index contributed by atoms with van der Waals surface area (Å²) in [6, 6.07) is -0.183. The predicted octanol–water partition coefficient (Wildman–Crippen LogP) is 6.24. The lowest BCUT2D eigenvalue weighted by Crippen LogP contribution is -2.41. The molecule has 0 bridgehead atoms. The van der Waals surface area contributed by atoms with Crippen molar-refractivity contribution in [3.8, 4) is 0 Å². The number of likely N-dealkylation sites (tertiary alicyclic amines) is 2. The van der Waals surface area contributed by atoms with Gasteiger partial charge in [-0.25, -0.2) is 19.2 Å². The minimum absolute atomic E-state index is 0.0270. The van der Waals surface area contributed by atoms with Crippen LogP contribution in [-0.4, -0.2) is 99.4 Å². The first-order valence-electron chi connectivity index (χ1n) is 12.4. The normalized spacial score (nSPS) is 18.9. The lowest BCUT2D eigenvalue weighted by molar-refractivity contribution is 0.0164. The zero-order valence-electron chi connectivity index (χ0n) is 23.8. The smallest absolute Gasteiger partial charge is 0.451 e. The van der Waals surface area contributed by atoms with Gasteiger partial charge in [0.1, 0.15) is 17.8 Å². The molecule has 2 atom stereocenters. The van der Waals surface area contributed by atoms with Gasteiger partial charge in [0.05, 0.1) is 25.8 Å². The summed E-state index contributed by atoms with van der Waals surface area (Å²) in [5.74, 6) is 0. The number of aliphatic hydroxyl groups excluding tert-OH is 1. The van der Waals surface area contributed by atoms with Crippen molar-refractivity contribution < 1.29 is 48.0 Å². The van der Waals surface area contributed by atoms with E-state index in [0.29, 0.717) is 13.1 Å². The SMILES string of the molecule is CC(C)(C)OC(=O)N1CCC[C@@H]1CO.CC(C)(C)OC(=O)N1CCC[C@@H]1COC(=O)Cl.COC(=O)OC(Cl)(Cl)Cl. The minimum Gasteiger partial charge on any atom is -0.451 e. The van der Waals surface area contributed by atoms with Crippen LogP contribution in [0.5, 0.6) is 0 Å². The molecule has 0 aromatic carbocycles. The first-order chi connectivity index (χ1) is 18.2. The van der Waals surface area contributed by atoms with E-state index in [9.17, 15) is 19.2 Å². The average molecular weight is 658 g/mol. The molecule has 0 aromatic heterocycles. The quantitative estimate of drug-likeness (QED) is 0.160. The number of hydrogen-bond donors (Lipinski definition) is 1. The molecule has 2 saturated heterocycles. The van der Waals surface area contributed by atoms with Gasteiger partial charge in [0.25, 0.3) is 0 Å². The number of methoxy groups -OCH3 is 1. The monoisotopic (exact) mass is 656 g/mol. The molecule has 0 unspecified atom stereocenters. The van der Waals surface area contributed by atoms with Crippen LogP contribution in [0.3, 0.4) is 0 Å². The van der Waals surface area contributed by atoms with Crippen molar-refractivity contribution in [2.24, 2.45) is 0 Å². The molecule has 16 heteroatoms. The summed E-state index contributed by atoms with van der Waals surface area (Å²) in [6.45, 7) is 12.4. The first-order valence-corrected chi connectivity index (χ1v) is 14.0. The van der Waals surface area contributed by atoms with Crippen LogP contribution in [0.25, 0.3) is 0 Å². The second-order valence-corrected chi connectivity index (χ2v) is 13.2. The number of ether oxygens (including phenoxy) is 5. The summed E-state index contributed by atoms with van der Waals surface area (Å²) in [5, 5.41) is 9.03. The van der Waals surface area contributed by atoms with Gasteiger partial charge in [-0.3, -0.25) is 0 Å². The molecule has 2 fully saturated rings. The molecule has 234 valence electrons. The Morgan fingerprint density at radius 3 is 1.55 bits per heavy atom. The maximum atomic E-state index is 11.8. The van der Waals surface area contributed by atoms with Crippen molar-refractivity contribution in [3.05, 3.63) is 0 Å². The van der Waals surface area contributed by atoms with Crippen molar-refractivity contribution in [2.75, 3.05) is 33.4 Å². The maximum Gasteiger partial charge on any atom is 0.511 e.